The Bertz CT molecular complexity index is 1380. The van der Waals surface area contributed by atoms with E-state index in [0.717, 1.165) is 16.0 Å². The molecule has 0 fully saturated rings. The van der Waals surface area contributed by atoms with Crippen LogP contribution in [0.25, 0.3) is 10.8 Å². The fraction of sp³-hybridized carbons (Fsp3) is 0. The van der Waals surface area contributed by atoms with Crippen LogP contribution in [-0.4, -0.2) is 27.3 Å². The minimum absolute atomic E-state index is 0.0378. The Hall–Kier alpha value is -4.02. The second-order valence-corrected chi connectivity index (χ2v) is 8.92. The van der Waals surface area contributed by atoms with Crippen LogP contribution in [0.15, 0.2) is 82.6 Å². The van der Waals surface area contributed by atoms with Crippen LogP contribution in [0.4, 0.5) is 17.1 Å². The van der Waals surface area contributed by atoms with Crippen LogP contribution in [-0.2, 0) is 0 Å². The van der Waals surface area contributed by atoms with Gasteiger partial charge in [-0.15, -0.1) is 0 Å². The van der Waals surface area contributed by atoms with E-state index in [0.29, 0.717) is 16.0 Å². The molecule has 0 saturated carbocycles. The van der Waals surface area contributed by atoms with Gasteiger partial charge in [-0.25, -0.2) is 9.59 Å². The molecule has 7 N–H and O–H groups in total. The van der Waals surface area contributed by atoms with E-state index >= 15 is 0 Å². The molecule has 0 aliphatic rings. The number of nitrogens with two attached hydrogens (primary N) is 1. The smallest absolute Gasteiger partial charge is 0.335 e. The Labute approximate surface area is 203 Å². The molecular formula is C24H19N3O5S2. The first-order valence-electron chi connectivity index (χ1n) is 9.89. The predicted octanol–water partition coefficient (Wildman–Crippen LogP) is 5.76. The fourth-order valence-corrected chi connectivity index (χ4v) is 4.56. The standard InChI is InChI=1S/C24H19N3O5S2/c25-21-19-10-9-18(33-26-16-5-1-13(2-6-16)23(29)30)11-15(19)12-20(22(21)28)34-27-17-7-3-14(4-8-17)24(31)32/h1-12,26-28H,25H2,(H,29,30)(H,31,32). The molecule has 0 radical (unpaired) electrons. The van der Waals surface area contributed by atoms with E-state index in [1.807, 2.05) is 24.3 Å². The monoisotopic (exact) mass is 493 g/mol. The minimum Gasteiger partial charge on any atom is -0.505 e. The van der Waals surface area contributed by atoms with Gasteiger partial charge in [0.25, 0.3) is 0 Å². The summed E-state index contributed by atoms with van der Waals surface area (Å²) < 4.78 is 6.26. The molecule has 0 aromatic heterocycles. The predicted molar refractivity (Wildman–Crippen MR) is 136 cm³/mol. The molecule has 8 nitrogen and oxygen atoms in total. The molecule has 0 amide bonds. The number of hydrogen-bond acceptors (Lipinski definition) is 8. The van der Waals surface area contributed by atoms with E-state index in [1.54, 1.807) is 24.3 Å². The average Bonchev–Trinajstić information content (AvgIpc) is 2.84. The van der Waals surface area contributed by atoms with Crippen molar-refractivity contribution in [2.24, 2.45) is 0 Å². The van der Waals surface area contributed by atoms with Crippen LogP contribution in [0.3, 0.4) is 0 Å². The van der Waals surface area contributed by atoms with Gasteiger partial charge >= 0.3 is 11.9 Å². The topological polar surface area (TPSA) is 145 Å². The number of phenolic OH excluding ortho intramolecular Hbond substituents is 1. The average molecular weight is 494 g/mol. The van der Waals surface area contributed by atoms with Crippen molar-refractivity contribution < 1.29 is 24.9 Å². The Kier molecular flexibility index (Phi) is 6.71. The number of nitrogens with one attached hydrogen (secondary N) is 2. The van der Waals surface area contributed by atoms with E-state index in [4.69, 9.17) is 15.9 Å². The number of hydrogen-bond donors (Lipinski definition) is 6. The van der Waals surface area contributed by atoms with Gasteiger partial charge in [-0.1, -0.05) is 6.07 Å². The van der Waals surface area contributed by atoms with Gasteiger partial charge in [-0.05, 0) is 96.0 Å². The van der Waals surface area contributed by atoms with Crippen molar-refractivity contribution in [2.45, 2.75) is 9.79 Å². The van der Waals surface area contributed by atoms with Crippen molar-refractivity contribution in [1.82, 2.24) is 0 Å². The summed E-state index contributed by atoms with van der Waals surface area (Å²) in [6.45, 7) is 0. The van der Waals surface area contributed by atoms with Crippen LogP contribution in [0.1, 0.15) is 20.7 Å². The van der Waals surface area contributed by atoms with E-state index in [9.17, 15) is 14.7 Å². The summed E-state index contributed by atoms with van der Waals surface area (Å²) in [6.07, 6.45) is 0. The first kappa shape index (κ1) is 23.1. The minimum atomic E-state index is -1.00. The molecule has 0 heterocycles. The van der Waals surface area contributed by atoms with Gasteiger partial charge in [0, 0.05) is 21.7 Å². The van der Waals surface area contributed by atoms with Crippen LogP contribution in [0, 0.1) is 0 Å². The van der Waals surface area contributed by atoms with E-state index in [1.165, 1.54) is 48.2 Å². The van der Waals surface area contributed by atoms with Crippen LogP contribution < -0.4 is 15.2 Å². The number of carboxylic acids is 2. The summed E-state index contributed by atoms with van der Waals surface area (Å²) in [5.74, 6) is -2.01. The quantitative estimate of drug-likeness (QED) is 0.102. The van der Waals surface area contributed by atoms with Crippen LogP contribution in [0.2, 0.25) is 0 Å². The number of nitrogen functional groups attached to an aromatic ring is 1. The number of fused-ring (bicyclic) bond motifs is 1. The van der Waals surface area contributed by atoms with Crippen molar-refractivity contribution in [3.05, 3.63) is 83.9 Å². The molecular weight excluding hydrogens is 474 g/mol. The zero-order chi connectivity index (χ0) is 24.2. The molecule has 34 heavy (non-hydrogen) atoms. The number of anilines is 3. The lowest BCUT2D eigenvalue weighted by Gasteiger charge is -2.13. The molecule has 0 unspecified atom stereocenters. The Balaban J connectivity index is 1.50. The van der Waals surface area contributed by atoms with Crippen molar-refractivity contribution in [2.75, 3.05) is 15.2 Å². The molecule has 4 aromatic carbocycles. The summed E-state index contributed by atoms with van der Waals surface area (Å²) in [7, 11) is 0. The number of carboxylic acid groups (broad SMARTS) is 2. The number of aromatic carboxylic acids is 2. The Morgan fingerprint density at radius 3 is 1.79 bits per heavy atom. The second-order valence-electron chi connectivity index (χ2n) is 7.19. The number of phenols is 1. The van der Waals surface area contributed by atoms with Crippen LogP contribution >= 0.6 is 23.9 Å². The highest BCUT2D eigenvalue weighted by molar-refractivity contribution is 8.01. The molecule has 0 atom stereocenters. The summed E-state index contributed by atoms with van der Waals surface area (Å²) in [4.78, 5) is 23.4. The lowest BCUT2D eigenvalue weighted by atomic mass is 10.1. The van der Waals surface area contributed by atoms with Gasteiger partial charge in [0.15, 0.2) is 5.75 Å². The fourth-order valence-electron chi connectivity index (χ4n) is 3.11. The first-order chi connectivity index (χ1) is 16.3. The van der Waals surface area contributed by atoms with Crippen molar-refractivity contribution in [3.63, 3.8) is 0 Å². The maximum absolute atomic E-state index is 11.0. The SMILES string of the molecule is Nc1c(O)c(SNc2ccc(C(=O)O)cc2)cc2cc(SNc3ccc(C(=O)O)cc3)ccc12. The summed E-state index contributed by atoms with van der Waals surface area (Å²) in [5, 5.41) is 30.1. The summed E-state index contributed by atoms with van der Waals surface area (Å²) >= 11 is 2.53. The third-order valence-corrected chi connectivity index (χ3v) is 6.61. The van der Waals surface area contributed by atoms with Crippen molar-refractivity contribution in [3.8, 4) is 5.75 Å². The van der Waals surface area contributed by atoms with Crippen molar-refractivity contribution in [1.29, 1.82) is 0 Å². The highest BCUT2D eigenvalue weighted by atomic mass is 32.2. The third kappa shape index (κ3) is 5.13. The van der Waals surface area contributed by atoms with Gasteiger partial charge in [-0.2, -0.15) is 0 Å². The molecule has 0 saturated heterocycles. The molecule has 0 aliphatic heterocycles. The van der Waals surface area contributed by atoms with Crippen LogP contribution in [0.5, 0.6) is 5.75 Å². The van der Waals surface area contributed by atoms with E-state index in [-0.39, 0.29) is 22.6 Å². The second kappa shape index (κ2) is 9.86. The lowest BCUT2D eigenvalue weighted by molar-refractivity contribution is 0.0686. The highest BCUT2D eigenvalue weighted by Crippen LogP contribution is 2.40. The molecule has 0 bridgehead atoms. The number of rotatable bonds is 8. The first-order valence-corrected chi connectivity index (χ1v) is 11.5. The molecule has 10 heteroatoms. The highest BCUT2D eigenvalue weighted by Gasteiger charge is 2.12. The lowest BCUT2D eigenvalue weighted by Crippen LogP contribution is -1.96. The van der Waals surface area contributed by atoms with Crippen molar-refractivity contribution >= 4 is 63.7 Å². The third-order valence-electron chi connectivity index (χ3n) is 4.92. The molecule has 0 spiro atoms. The zero-order valence-electron chi connectivity index (χ0n) is 17.5. The normalized spacial score (nSPS) is 10.7. The Morgan fingerprint density at radius 1 is 0.735 bits per heavy atom. The number of benzene rings is 4. The summed E-state index contributed by atoms with van der Waals surface area (Å²) in [6, 6.07) is 20.1. The molecule has 0 aliphatic carbocycles. The zero-order valence-corrected chi connectivity index (χ0v) is 19.1. The van der Waals surface area contributed by atoms with Gasteiger partial charge in [0.1, 0.15) is 0 Å². The van der Waals surface area contributed by atoms with Gasteiger partial charge in [0.05, 0.1) is 21.7 Å². The summed E-state index contributed by atoms with van der Waals surface area (Å²) in [5.41, 5.74) is 8.27. The molecule has 4 aromatic rings. The largest absolute Gasteiger partial charge is 0.505 e. The maximum atomic E-state index is 11.0. The Morgan fingerprint density at radius 2 is 1.26 bits per heavy atom. The van der Waals surface area contributed by atoms with Gasteiger partial charge in [-0.3, -0.25) is 0 Å². The van der Waals surface area contributed by atoms with E-state index < -0.39 is 11.9 Å². The molecule has 172 valence electrons. The van der Waals surface area contributed by atoms with Gasteiger partial charge in [0.2, 0.25) is 0 Å². The number of carbonyl (C=O) groups is 2. The maximum Gasteiger partial charge on any atom is 0.335 e. The molecule has 4 rings (SSSR count). The van der Waals surface area contributed by atoms with E-state index in [2.05, 4.69) is 9.44 Å². The van der Waals surface area contributed by atoms with Gasteiger partial charge < -0.3 is 30.5 Å². The number of aromatic hydroxyl groups is 1.